The van der Waals surface area contributed by atoms with Gasteiger partial charge in [0.15, 0.2) is 0 Å². The third kappa shape index (κ3) is 6.81. The van der Waals surface area contributed by atoms with Crippen LogP contribution >= 0.6 is 0 Å². The number of hydrogen-bond donors (Lipinski definition) is 2. The highest BCUT2D eigenvalue weighted by Crippen LogP contribution is 2.44. The number of nitrogens with one attached hydrogen (secondary N) is 1. The lowest BCUT2D eigenvalue weighted by Crippen LogP contribution is -2.40. The van der Waals surface area contributed by atoms with Crippen molar-refractivity contribution in [2.75, 3.05) is 18.1 Å². The molecule has 0 bridgehead atoms. The van der Waals surface area contributed by atoms with Gasteiger partial charge in [-0.05, 0) is 43.7 Å². The molecule has 0 unspecified atom stereocenters. The number of hydrogen-bond acceptors (Lipinski definition) is 5. The van der Waals surface area contributed by atoms with Crippen LogP contribution in [-0.2, 0) is 21.0 Å². The predicted molar refractivity (Wildman–Crippen MR) is 117 cm³/mol. The van der Waals surface area contributed by atoms with Gasteiger partial charge < -0.3 is 14.7 Å². The Morgan fingerprint density at radius 3 is 2.36 bits per heavy atom. The summed E-state index contributed by atoms with van der Waals surface area (Å²) in [5.41, 5.74) is -1.68. The Labute approximate surface area is 202 Å². The molecule has 14 heteroatoms. The maximum Gasteiger partial charge on any atom is 0.420 e. The summed E-state index contributed by atoms with van der Waals surface area (Å²) in [5.74, 6) is -6.03. The molecule has 0 saturated heterocycles. The molecule has 1 aliphatic rings. The second kappa shape index (κ2) is 10.2. The first kappa shape index (κ1) is 27.6. The van der Waals surface area contributed by atoms with Crippen LogP contribution in [0.3, 0.4) is 0 Å². The van der Waals surface area contributed by atoms with E-state index in [-0.39, 0.29) is 18.7 Å². The summed E-state index contributed by atoms with van der Waals surface area (Å²) in [6, 6.07) is 4.49. The Bertz CT molecular complexity index is 1210. The summed E-state index contributed by atoms with van der Waals surface area (Å²) >= 11 is 0. The van der Waals surface area contributed by atoms with Gasteiger partial charge in [0, 0.05) is 30.8 Å². The van der Waals surface area contributed by atoms with Crippen molar-refractivity contribution < 1.29 is 49.4 Å². The highest BCUT2D eigenvalue weighted by molar-refractivity contribution is 7.89. The number of carboxylic acids is 1. The Hall–Kier alpha value is -3.00. The maximum absolute atomic E-state index is 13.9. The number of nitrogens with zero attached hydrogens (tertiary/aromatic N) is 1. The maximum atomic E-state index is 13.9. The number of aliphatic carboxylic acids is 1. The van der Waals surface area contributed by atoms with Crippen molar-refractivity contribution in [1.29, 1.82) is 0 Å². The molecule has 7 nitrogen and oxygen atoms in total. The Kier molecular flexibility index (Phi) is 7.79. The normalized spacial score (nSPS) is 17.9. The number of sulfonamides is 1. The first-order valence-electron chi connectivity index (χ1n) is 10.6. The van der Waals surface area contributed by atoms with Gasteiger partial charge in [-0.15, -0.1) is 0 Å². The van der Waals surface area contributed by atoms with E-state index in [0.29, 0.717) is 19.1 Å². The Morgan fingerprint density at radius 2 is 1.81 bits per heavy atom. The van der Waals surface area contributed by atoms with Gasteiger partial charge in [0.2, 0.25) is 15.9 Å². The topological polar surface area (TPSA) is 95.9 Å². The van der Waals surface area contributed by atoms with Crippen LogP contribution < -0.4 is 14.4 Å². The van der Waals surface area contributed by atoms with Crippen LogP contribution in [0, 0.1) is 5.82 Å². The molecule has 0 aliphatic carbocycles. The number of carbonyl (C=O) groups is 1. The fourth-order valence-corrected chi connectivity index (χ4v) is 5.11. The minimum atomic E-state index is -5.02. The van der Waals surface area contributed by atoms with Crippen LogP contribution in [0.4, 0.5) is 37.7 Å². The molecule has 1 atom stereocenters. The van der Waals surface area contributed by atoms with Gasteiger partial charge in [-0.2, -0.15) is 13.2 Å². The van der Waals surface area contributed by atoms with E-state index in [1.54, 1.807) is 0 Å². The first-order chi connectivity index (χ1) is 16.6. The molecule has 0 radical (unpaired) electrons. The van der Waals surface area contributed by atoms with Gasteiger partial charge in [0.25, 0.3) is 0 Å². The molecular weight excluding hydrogens is 518 g/mol. The van der Waals surface area contributed by atoms with E-state index in [4.69, 9.17) is 9.84 Å². The van der Waals surface area contributed by atoms with Crippen molar-refractivity contribution in [3.8, 4) is 5.75 Å². The standard InChI is InChI=1S/C22H22F6N2O5S/c1-21(24,25)8-6-14-12-30(15-4-2-13(23)3-5-15)17-10-16(22(26,27)28)18(35-9-7-20(31)32)11-19(17)36(33,34)29-14/h2-5,10-11,14,29H,6-9,12H2,1H3,(H,31,32)/t14-/m1/s1. The molecule has 2 aromatic carbocycles. The average molecular weight is 540 g/mol. The van der Waals surface area contributed by atoms with Crippen LogP contribution in [0.1, 0.15) is 31.7 Å². The lowest BCUT2D eigenvalue weighted by molar-refractivity contribution is -0.139. The highest BCUT2D eigenvalue weighted by atomic mass is 32.2. The van der Waals surface area contributed by atoms with E-state index >= 15 is 0 Å². The minimum absolute atomic E-state index is 0.123. The zero-order chi connectivity index (χ0) is 26.9. The van der Waals surface area contributed by atoms with Crippen LogP contribution in [-0.4, -0.2) is 44.6 Å². The largest absolute Gasteiger partial charge is 0.492 e. The number of alkyl halides is 5. The van der Waals surface area contributed by atoms with E-state index < -0.39 is 81.3 Å². The zero-order valence-corrected chi connectivity index (χ0v) is 19.6. The second-order valence-electron chi connectivity index (χ2n) is 8.32. The van der Waals surface area contributed by atoms with Crippen LogP contribution in [0.25, 0.3) is 0 Å². The minimum Gasteiger partial charge on any atom is -0.492 e. The van der Waals surface area contributed by atoms with E-state index in [2.05, 4.69) is 4.72 Å². The third-order valence-corrected chi connectivity index (χ3v) is 6.86. The molecule has 0 amide bonds. The molecule has 0 fully saturated rings. The number of ether oxygens (including phenoxy) is 1. The van der Waals surface area contributed by atoms with Gasteiger partial charge in [0.05, 0.1) is 24.3 Å². The van der Waals surface area contributed by atoms with Crippen molar-refractivity contribution in [3.05, 3.63) is 47.8 Å². The smallest absolute Gasteiger partial charge is 0.420 e. The fraction of sp³-hybridized carbons (Fsp3) is 0.409. The van der Waals surface area contributed by atoms with Gasteiger partial charge >= 0.3 is 12.1 Å². The molecule has 1 heterocycles. The monoisotopic (exact) mass is 540 g/mol. The molecule has 36 heavy (non-hydrogen) atoms. The molecule has 2 N–H and O–H groups in total. The van der Waals surface area contributed by atoms with Gasteiger partial charge in [-0.3, -0.25) is 4.79 Å². The molecule has 198 valence electrons. The summed E-state index contributed by atoms with van der Waals surface area (Å²) in [4.78, 5) is 11.3. The van der Waals surface area contributed by atoms with Gasteiger partial charge in [-0.25, -0.2) is 26.3 Å². The quantitative estimate of drug-likeness (QED) is 0.461. The lowest BCUT2D eigenvalue weighted by atomic mass is 10.1. The Balaban J connectivity index is 2.18. The molecule has 0 saturated carbocycles. The summed E-state index contributed by atoms with van der Waals surface area (Å²) in [6.45, 7) is -0.341. The van der Waals surface area contributed by atoms with E-state index in [1.807, 2.05) is 0 Å². The molecular formula is C22H22F6N2O5S. The van der Waals surface area contributed by atoms with Gasteiger partial charge in [0.1, 0.15) is 16.5 Å². The third-order valence-electron chi connectivity index (χ3n) is 5.32. The molecule has 0 aromatic heterocycles. The number of fused-ring (bicyclic) bond motifs is 1. The summed E-state index contributed by atoms with van der Waals surface area (Å²) < 4.78 is 116. The zero-order valence-electron chi connectivity index (χ0n) is 18.8. The second-order valence-corrected chi connectivity index (χ2v) is 10.0. The van der Waals surface area contributed by atoms with Crippen LogP contribution in [0.15, 0.2) is 41.3 Å². The predicted octanol–water partition coefficient (Wildman–Crippen LogP) is 4.93. The SMILES string of the molecule is CC(F)(F)CC[C@@H]1CN(c2ccc(F)cc2)c2cc(C(F)(F)F)c(OCCC(=O)O)cc2S(=O)(=O)N1. The van der Waals surface area contributed by atoms with Crippen molar-refractivity contribution in [2.45, 2.75) is 49.2 Å². The van der Waals surface area contributed by atoms with Crippen molar-refractivity contribution in [2.24, 2.45) is 0 Å². The number of carboxylic acid groups (broad SMARTS) is 1. The number of benzene rings is 2. The summed E-state index contributed by atoms with van der Waals surface area (Å²) in [6.07, 6.45) is -6.71. The van der Waals surface area contributed by atoms with Crippen molar-refractivity contribution >= 4 is 27.4 Å². The Morgan fingerprint density at radius 1 is 1.17 bits per heavy atom. The lowest BCUT2D eigenvalue weighted by Gasteiger charge is -2.28. The van der Waals surface area contributed by atoms with E-state index in [9.17, 15) is 39.6 Å². The first-order valence-corrected chi connectivity index (χ1v) is 12.1. The number of halogens is 6. The van der Waals surface area contributed by atoms with E-state index in [1.165, 1.54) is 17.0 Å². The summed E-state index contributed by atoms with van der Waals surface area (Å²) in [5, 5.41) is 8.76. The molecule has 0 spiro atoms. The van der Waals surface area contributed by atoms with Gasteiger partial charge in [-0.1, -0.05) is 0 Å². The fourth-order valence-electron chi connectivity index (χ4n) is 3.65. The highest BCUT2D eigenvalue weighted by Gasteiger charge is 2.40. The average Bonchev–Trinajstić information content (AvgIpc) is 2.85. The van der Waals surface area contributed by atoms with Crippen LogP contribution in [0.2, 0.25) is 0 Å². The molecule has 1 aliphatic heterocycles. The van der Waals surface area contributed by atoms with Crippen molar-refractivity contribution in [3.63, 3.8) is 0 Å². The van der Waals surface area contributed by atoms with Crippen LogP contribution in [0.5, 0.6) is 5.75 Å². The number of anilines is 2. The molecule has 2 aromatic rings. The van der Waals surface area contributed by atoms with Crippen molar-refractivity contribution in [1.82, 2.24) is 4.72 Å². The van der Waals surface area contributed by atoms with E-state index in [0.717, 1.165) is 12.1 Å². The number of rotatable bonds is 8. The molecule has 3 rings (SSSR count). The summed E-state index contributed by atoms with van der Waals surface area (Å²) in [7, 11) is -4.54.